The molecule has 2 heterocycles. The minimum atomic E-state index is -1.26. The van der Waals surface area contributed by atoms with Crippen molar-refractivity contribution in [3.05, 3.63) is 82.9 Å². The van der Waals surface area contributed by atoms with Gasteiger partial charge < -0.3 is 14.9 Å². The van der Waals surface area contributed by atoms with Gasteiger partial charge in [0.25, 0.3) is 0 Å². The fourth-order valence-corrected chi connectivity index (χ4v) is 6.73. The lowest BCUT2D eigenvalue weighted by Gasteiger charge is -2.40. The molecule has 2 aromatic rings. The zero-order valence-electron chi connectivity index (χ0n) is 23.8. The van der Waals surface area contributed by atoms with Crippen molar-refractivity contribution < 1.29 is 24.5 Å². The SMILES string of the molecule is CCCCCCCCN1[C@@H]2CC[C@H]1CC(OC1c3ccccc3CCc3ccccc31)C2.O=C(O)/C=C\C(=O)O. The number of hydrogen-bond acceptors (Lipinski definition) is 4. The number of ether oxygens (including phenoxy) is 1. The molecule has 2 aliphatic heterocycles. The number of aliphatic carboxylic acids is 2. The number of nitrogens with zero attached hydrogens (tertiary/aromatic N) is 1. The largest absolute Gasteiger partial charge is 0.478 e. The summed E-state index contributed by atoms with van der Waals surface area (Å²) in [5.41, 5.74) is 5.74. The lowest BCUT2D eigenvalue weighted by Crippen LogP contribution is -2.46. The molecule has 6 nitrogen and oxygen atoms in total. The van der Waals surface area contributed by atoms with Crippen molar-refractivity contribution in [2.75, 3.05) is 6.54 Å². The second kappa shape index (κ2) is 15.2. The molecule has 2 saturated heterocycles. The van der Waals surface area contributed by atoms with Crippen LogP contribution in [0.5, 0.6) is 0 Å². The van der Waals surface area contributed by atoms with Crippen molar-refractivity contribution in [1.29, 1.82) is 0 Å². The Hall–Kier alpha value is -2.96. The van der Waals surface area contributed by atoms with E-state index in [1.54, 1.807) is 0 Å². The highest BCUT2D eigenvalue weighted by molar-refractivity contribution is 5.89. The number of carboxylic acids is 2. The summed E-state index contributed by atoms with van der Waals surface area (Å²) in [6.07, 6.45) is 17.4. The first-order valence-electron chi connectivity index (χ1n) is 15.2. The van der Waals surface area contributed by atoms with E-state index in [1.165, 1.54) is 93.0 Å². The molecule has 0 amide bonds. The van der Waals surface area contributed by atoms with Crippen LogP contribution in [0.3, 0.4) is 0 Å². The Morgan fingerprint density at radius 3 is 1.82 bits per heavy atom. The number of carbonyl (C=O) groups is 2. The van der Waals surface area contributed by atoms with E-state index in [9.17, 15) is 9.59 Å². The monoisotopic (exact) mass is 547 g/mol. The van der Waals surface area contributed by atoms with Gasteiger partial charge in [-0.25, -0.2) is 9.59 Å². The van der Waals surface area contributed by atoms with E-state index in [4.69, 9.17) is 14.9 Å². The predicted molar refractivity (Wildman–Crippen MR) is 158 cm³/mol. The van der Waals surface area contributed by atoms with Gasteiger partial charge in [0.2, 0.25) is 0 Å². The van der Waals surface area contributed by atoms with Gasteiger partial charge >= 0.3 is 11.9 Å². The van der Waals surface area contributed by atoms with Crippen LogP contribution < -0.4 is 0 Å². The zero-order chi connectivity index (χ0) is 28.3. The van der Waals surface area contributed by atoms with Gasteiger partial charge in [-0.15, -0.1) is 0 Å². The van der Waals surface area contributed by atoms with Crippen LogP contribution in [0.4, 0.5) is 0 Å². The van der Waals surface area contributed by atoms with Crippen LogP contribution in [0.15, 0.2) is 60.7 Å². The molecule has 1 unspecified atom stereocenters. The maximum Gasteiger partial charge on any atom is 0.328 e. The minimum Gasteiger partial charge on any atom is -0.478 e. The summed E-state index contributed by atoms with van der Waals surface area (Å²) in [4.78, 5) is 22.0. The van der Waals surface area contributed by atoms with Gasteiger partial charge in [-0.3, -0.25) is 4.90 Å². The fourth-order valence-electron chi connectivity index (χ4n) is 6.73. The lowest BCUT2D eigenvalue weighted by atomic mass is 9.95. The van der Waals surface area contributed by atoms with Crippen molar-refractivity contribution in [3.63, 3.8) is 0 Å². The third-order valence-corrected chi connectivity index (χ3v) is 8.65. The Balaban J connectivity index is 0.000000406. The first kappa shape index (κ1) is 30.0. The molecule has 216 valence electrons. The number of aryl methyl sites for hydroxylation is 2. The van der Waals surface area contributed by atoms with Gasteiger partial charge in [0.05, 0.1) is 6.10 Å². The number of unbranched alkanes of at least 4 members (excludes halogenated alkanes) is 5. The quantitative estimate of drug-likeness (QED) is 0.234. The van der Waals surface area contributed by atoms with Gasteiger partial charge in [0.15, 0.2) is 0 Å². The van der Waals surface area contributed by atoms with Crippen LogP contribution in [-0.2, 0) is 27.2 Å². The highest BCUT2D eigenvalue weighted by Gasteiger charge is 2.41. The number of hydrogen-bond donors (Lipinski definition) is 2. The molecule has 2 bridgehead atoms. The van der Waals surface area contributed by atoms with E-state index in [-0.39, 0.29) is 6.10 Å². The lowest BCUT2D eigenvalue weighted by molar-refractivity contribution is -0.134. The van der Waals surface area contributed by atoms with E-state index in [1.807, 2.05) is 0 Å². The van der Waals surface area contributed by atoms with Crippen molar-refractivity contribution in [2.24, 2.45) is 0 Å². The van der Waals surface area contributed by atoms with Crippen molar-refractivity contribution >= 4 is 11.9 Å². The average Bonchev–Trinajstić information content (AvgIpc) is 3.10. The Kier molecular flexibility index (Phi) is 11.4. The molecule has 0 saturated carbocycles. The molecule has 5 rings (SSSR count). The van der Waals surface area contributed by atoms with Crippen molar-refractivity contribution in [3.8, 4) is 0 Å². The van der Waals surface area contributed by atoms with E-state index >= 15 is 0 Å². The van der Waals surface area contributed by atoms with Crippen LogP contribution >= 0.6 is 0 Å². The van der Waals surface area contributed by atoms with Gasteiger partial charge in [-0.2, -0.15) is 0 Å². The summed E-state index contributed by atoms with van der Waals surface area (Å²) in [7, 11) is 0. The molecule has 3 aliphatic rings. The molecule has 3 atom stereocenters. The summed E-state index contributed by atoms with van der Waals surface area (Å²) in [6.45, 7) is 3.61. The number of carboxylic acid groups (broad SMARTS) is 2. The van der Waals surface area contributed by atoms with E-state index in [0.29, 0.717) is 18.3 Å². The molecule has 0 aromatic heterocycles. The maximum absolute atomic E-state index is 9.55. The number of piperidine rings is 1. The van der Waals surface area contributed by atoms with Crippen molar-refractivity contribution in [1.82, 2.24) is 4.90 Å². The smallest absolute Gasteiger partial charge is 0.328 e. The van der Waals surface area contributed by atoms with E-state index < -0.39 is 11.9 Å². The Morgan fingerprint density at radius 2 is 1.30 bits per heavy atom. The topological polar surface area (TPSA) is 87.1 Å². The molecule has 6 heteroatoms. The Labute approximate surface area is 239 Å². The summed E-state index contributed by atoms with van der Waals surface area (Å²) < 4.78 is 7.04. The third-order valence-electron chi connectivity index (χ3n) is 8.65. The standard InChI is InChI=1S/C30H41NO.C4H4O4/c1-2-3-4-5-6-11-20-31-25-18-19-26(31)22-27(21-25)32-30-28-14-9-7-12-23(28)16-17-24-13-8-10-15-29(24)30;5-3(6)1-2-4(7)8/h7-10,12-15,25-27,30H,2-6,11,16-22H2,1H3;1-2H,(H,5,6)(H,7,8)/b;2-1-/t25-,26+,27?;. The van der Waals surface area contributed by atoms with Gasteiger partial charge in [-0.05, 0) is 73.7 Å². The highest BCUT2D eigenvalue weighted by Crippen LogP contribution is 2.42. The Bertz CT molecular complexity index is 1070. The summed E-state index contributed by atoms with van der Waals surface area (Å²) >= 11 is 0. The molecule has 1 aliphatic carbocycles. The first-order chi connectivity index (χ1) is 19.5. The molecule has 2 fully saturated rings. The van der Waals surface area contributed by atoms with Crippen molar-refractivity contribution in [2.45, 2.75) is 108 Å². The third kappa shape index (κ3) is 8.28. The van der Waals surface area contributed by atoms with Gasteiger partial charge in [0, 0.05) is 24.2 Å². The second-order valence-electron chi connectivity index (χ2n) is 11.4. The summed E-state index contributed by atoms with van der Waals surface area (Å²) in [5.74, 6) is -2.51. The van der Waals surface area contributed by atoms with E-state index in [0.717, 1.165) is 24.9 Å². The molecule has 40 heavy (non-hydrogen) atoms. The van der Waals surface area contributed by atoms with Crippen LogP contribution in [0.1, 0.15) is 99.5 Å². The van der Waals surface area contributed by atoms with E-state index in [2.05, 4.69) is 60.4 Å². The fraction of sp³-hybridized carbons (Fsp3) is 0.529. The summed E-state index contributed by atoms with van der Waals surface area (Å²) in [6, 6.07) is 19.5. The van der Waals surface area contributed by atoms with Crippen LogP contribution in [0, 0.1) is 0 Å². The summed E-state index contributed by atoms with van der Waals surface area (Å²) in [5, 5.41) is 15.6. The predicted octanol–water partition coefficient (Wildman–Crippen LogP) is 6.96. The van der Waals surface area contributed by atoms with Crippen LogP contribution in [0.2, 0.25) is 0 Å². The second-order valence-corrected chi connectivity index (χ2v) is 11.4. The number of rotatable bonds is 11. The van der Waals surface area contributed by atoms with Gasteiger partial charge in [-0.1, -0.05) is 87.6 Å². The number of benzene rings is 2. The number of fused-ring (bicyclic) bond motifs is 4. The average molecular weight is 548 g/mol. The molecule has 0 spiro atoms. The normalized spacial score (nSPS) is 22.2. The molecular weight excluding hydrogens is 502 g/mol. The first-order valence-corrected chi connectivity index (χ1v) is 15.2. The highest BCUT2D eigenvalue weighted by atomic mass is 16.5. The maximum atomic E-state index is 9.55. The molecule has 0 radical (unpaired) electrons. The van der Waals surface area contributed by atoms with Crippen LogP contribution in [0.25, 0.3) is 0 Å². The zero-order valence-corrected chi connectivity index (χ0v) is 23.8. The van der Waals surface area contributed by atoms with Gasteiger partial charge in [0.1, 0.15) is 6.10 Å². The molecular formula is C34H45NO5. The Morgan fingerprint density at radius 1 is 0.800 bits per heavy atom. The molecule has 2 N–H and O–H groups in total. The van der Waals surface area contributed by atoms with Crippen LogP contribution in [-0.4, -0.2) is 51.8 Å². The molecule has 2 aromatic carbocycles. The minimum absolute atomic E-state index is 0.0967.